The minimum atomic E-state index is -3.52. The van der Waals surface area contributed by atoms with Gasteiger partial charge in [-0.2, -0.15) is 13.7 Å². The summed E-state index contributed by atoms with van der Waals surface area (Å²) in [6.07, 6.45) is 0.990. The van der Waals surface area contributed by atoms with Crippen molar-refractivity contribution in [3.63, 3.8) is 0 Å². The molecule has 0 fully saturated rings. The zero-order valence-corrected chi connectivity index (χ0v) is 9.55. The molecule has 1 aromatic rings. The fourth-order valence-electron chi connectivity index (χ4n) is 1.30. The van der Waals surface area contributed by atoms with Crippen LogP contribution in [0.5, 0.6) is 5.75 Å². The molecule has 0 aliphatic carbocycles. The van der Waals surface area contributed by atoms with Crippen LogP contribution in [-0.2, 0) is 10.1 Å². The summed E-state index contributed by atoms with van der Waals surface area (Å²) >= 11 is 0. The lowest BCUT2D eigenvalue weighted by Gasteiger charge is -2.09. The van der Waals surface area contributed by atoms with Crippen molar-refractivity contribution in [1.82, 2.24) is 0 Å². The van der Waals surface area contributed by atoms with Crippen molar-refractivity contribution >= 4 is 10.1 Å². The third-order valence-electron chi connectivity index (χ3n) is 1.82. The van der Waals surface area contributed by atoms with E-state index >= 15 is 0 Å². The van der Waals surface area contributed by atoms with Gasteiger partial charge in [0.2, 0.25) is 0 Å². The van der Waals surface area contributed by atoms with E-state index in [1.807, 2.05) is 6.07 Å². The molecule has 0 saturated carbocycles. The topological polar surface area (TPSA) is 67.2 Å². The summed E-state index contributed by atoms with van der Waals surface area (Å²) in [5.74, 6) is 0.302. The lowest BCUT2D eigenvalue weighted by molar-refractivity contribution is 0.489. The van der Waals surface area contributed by atoms with Crippen LogP contribution in [0, 0.1) is 25.2 Å². The highest BCUT2D eigenvalue weighted by Gasteiger charge is 2.11. The zero-order chi connectivity index (χ0) is 11.6. The number of aryl methyl sites for hydroxylation is 2. The van der Waals surface area contributed by atoms with E-state index in [0.29, 0.717) is 22.4 Å². The van der Waals surface area contributed by atoms with Crippen LogP contribution < -0.4 is 4.18 Å². The van der Waals surface area contributed by atoms with Gasteiger partial charge in [0.15, 0.2) is 0 Å². The van der Waals surface area contributed by atoms with Crippen LogP contribution in [0.15, 0.2) is 12.1 Å². The van der Waals surface area contributed by atoms with Crippen molar-refractivity contribution < 1.29 is 12.6 Å². The van der Waals surface area contributed by atoms with Crippen LogP contribution in [0.25, 0.3) is 0 Å². The number of nitrogens with zero attached hydrogens (tertiary/aromatic N) is 1. The van der Waals surface area contributed by atoms with Gasteiger partial charge in [0.05, 0.1) is 17.9 Å². The average Bonchev–Trinajstić information content (AvgIpc) is 2.09. The highest BCUT2D eigenvalue weighted by atomic mass is 32.2. The van der Waals surface area contributed by atoms with Crippen LogP contribution in [0.2, 0.25) is 0 Å². The monoisotopic (exact) mass is 225 g/mol. The van der Waals surface area contributed by atoms with Gasteiger partial charge >= 0.3 is 10.1 Å². The molecule has 0 spiro atoms. The van der Waals surface area contributed by atoms with E-state index in [0.717, 1.165) is 6.26 Å². The Labute approximate surface area is 89.2 Å². The molecule has 0 unspecified atom stereocenters. The number of rotatable bonds is 2. The van der Waals surface area contributed by atoms with E-state index in [1.165, 1.54) is 0 Å². The molecule has 1 aromatic carbocycles. The lowest BCUT2D eigenvalue weighted by Crippen LogP contribution is -2.08. The Bertz CT molecular complexity index is 503. The number of nitriles is 1. The van der Waals surface area contributed by atoms with Crippen LogP contribution in [0.3, 0.4) is 0 Å². The van der Waals surface area contributed by atoms with Gasteiger partial charge in [0.1, 0.15) is 5.75 Å². The minimum Gasteiger partial charge on any atom is -0.382 e. The molecule has 15 heavy (non-hydrogen) atoms. The molecule has 0 amide bonds. The molecule has 0 N–H and O–H groups in total. The summed E-state index contributed by atoms with van der Waals surface area (Å²) in [7, 11) is -3.52. The molecule has 0 bridgehead atoms. The van der Waals surface area contributed by atoms with Crippen molar-refractivity contribution in [3.8, 4) is 11.8 Å². The number of benzene rings is 1. The maximum absolute atomic E-state index is 11.0. The van der Waals surface area contributed by atoms with E-state index in [1.54, 1.807) is 26.0 Å². The third-order valence-corrected chi connectivity index (χ3v) is 2.29. The standard InChI is InChI=1S/C10H11NO3S/c1-7-4-9(6-11)5-8(2)10(7)14-15(3,12)13/h4-5H,1-3H3. The summed E-state index contributed by atoms with van der Waals surface area (Å²) in [6, 6.07) is 5.18. The summed E-state index contributed by atoms with van der Waals surface area (Å²) in [5.41, 5.74) is 1.76. The van der Waals surface area contributed by atoms with Gasteiger partial charge in [0, 0.05) is 0 Å². The summed E-state index contributed by atoms with van der Waals surface area (Å²) < 4.78 is 26.8. The Morgan fingerprint density at radius 3 is 2.07 bits per heavy atom. The summed E-state index contributed by atoms with van der Waals surface area (Å²) in [5, 5.41) is 8.70. The molecule has 0 aliphatic heterocycles. The Kier molecular flexibility index (Phi) is 3.01. The molecule has 0 aromatic heterocycles. The number of hydrogen-bond donors (Lipinski definition) is 0. The molecule has 5 heteroatoms. The molecule has 1 rings (SSSR count). The predicted molar refractivity (Wildman–Crippen MR) is 56.1 cm³/mol. The highest BCUT2D eigenvalue weighted by Crippen LogP contribution is 2.25. The average molecular weight is 225 g/mol. The second-order valence-electron chi connectivity index (χ2n) is 3.34. The van der Waals surface area contributed by atoms with Gasteiger partial charge in [0.25, 0.3) is 0 Å². The van der Waals surface area contributed by atoms with E-state index < -0.39 is 10.1 Å². The molecule has 0 radical (unpaired) electrons. The van der Waals surface area contributed by atoms with Gasteiger partial charge in [-0.25, -0.2) is 0 Å². The van der Waals surface area contributed by atoms with Gasteiger partial charge in [-0.1, -0.05) is 0 Å². The molecule has 0 atom stereocenters. The van der Waals surface area contributed by atoms with E-state index in [-0.39, 0.29) is 0 Å². The number of hydrogen-bond acceptors (Lipinski definition) is 4. The molecule has 80 valence electrons. The fraction of sp³-hybridized carbons (Fsp3) is 0.300. The molecular formula is C10H11NO3S. The van der Waals surface area contributed by atoms with E-state index in [9.17, 15) is 8.42 Å². The van der Waals surface area contributed by atoms with Gasteiger partial charge in [-0.15, -0.1) is 0 Å². The van der Waals surface area contributed by atoms with Crippen molar-refractivity contribution in [2.75, 3.05) is 6.26 Å². The molecule has 0 saturated heterocycles. The van der Waals surface area contributed by atoms with E-state index in [2.05, 4.69) is 0 Å². The maximum Gasteiger partial charge on any atom is 0.306 e. The molecule has 4 nitrogen and oxygen atoms in total. The normalized spacial score (nSPS) is 10.8. The van der Waals surface area contributed by atoms with Gasteiger partial charge in [-0.05, 0) is 37.1 Å². The van der Waals surface area contributed by atoms with Crippen molar-refractivity contribution in [2.24, 2.45) is 0 Å². The first-order valence-electron chi connectivity index (χ1n) is 4.24. The van der Waals surface area contributed by atoms with E-state index in [4.69, 9.17) is 9.44 Å². The molecule has 0 aliphatic rings. The van der Waals surface area contributed by atoms with Gasteiger partial charge in [-0.3, -0.25) is 0 Å². The quantitative estimate of drug-likeness (QED) is 0.715. The Morgan fingerprint density at radius 1 is 1.27 bits per heavy atom. The van der Waals surface area contributed by atoms with Gasteiger partial charge < -0.3 is 4.18 Å². The second-order valence-corrected chi connectivity index (χ2v) is 4.91. The minimum absolute atomic E-state index is 0.302. The smallest absolute Gasteiger partial charge is 0.306 e. The SMILES string of the molecule is Cc1cc(C#N)cc(C)c1OS(C)(=O)=O. The Hall–Kier alpha value is -1.54. The Morgan fingerprint density at radius 2 is 1.73 bits per heavy atom. The zero-order valence-electron chi connectivity index (χ0n) is 8.73. The van der Waals surface area contributed by atoms with Crippen LogP contribution in [0.4, 0.5) is 0 Å². The molecule has 0 heterocycles. The first-order valence-corrected chi connectivity index (χ1v) is 6.06. The first-order chi connectivity index (χ1) is 6.83. The highest BCUT2D eigenvalue weighted by molar-refractivity contribution is 7.86. The van der Waals surface area contributed by atoms with Crippen LogP contribution in [0.1, 0.15) is 16.7 Å². The first kappa shape index (κ1) is 11.5. The summed E-state index contributed by atoms with van der Waals surface area (Å²) in [4.78, 5) is 0. The largest absolute Gasteiger partial charge is 0.382 e. The second kappa shape index (κ2) is 3.91. The fourth-order valence-corrected chi connectivity index (χ4v) is 1.86. The Balaban J connectivity index is 3.28. The van der Waals surface area contributed by atoms with Crippen LogP contribution >= 0.6 is 0 Å². The van der Waals surface area contributed by atoms with Crippen molar-refractivity contribution in [1.29, 1.82) is 5.26 Å². The molecular weight excluding hydrogens is 214 g/mol. The van der Waals surface area contributed by atoms with Crippen LogP contribution in [-0.4, -0.2) is 14.7 Å². The maximum atomic E-state index is 11.0. The van der Waals surface area contributed by atoms with Crippen molar-refractivity contribution in [3.05, 3.63) is 28.8 Å². The lowest BCUT2D eigenvalue weighted by atomic mass is 10.1. The summed E-state index contributed by atoms with van der Waals surface area (Å²) in [6.45, 7) is 3.41. The van der Waals surface area contributed by atoms with Crippen molar-refractivity contribution in [2.45, 2.75) is 13.8 Å². The third kappa shape index (κ3) is 2.96. The predicted octanol–water partition coefficient (Wildman–Crippen LogP) is 1.51.